The van der Waals surface area contributed by atoms with Gasteiger partial charge in [-0.15, -0.1) is 0 Å². The smallest absolute Gasteiger partial charge is 0.166 e. The number of benzene rings is 1. The SMILES string of the molecule is CC(C)CCOCCSc1nc2ccc(N)cc2[nH]1. The molecule has 19 heavy (non-hydrogen) atoms. The third-order valence-electron chi connectivity index (χ3n) is 2.79. The normalized spacial score (nSPS) is 11.5. The molecule has 0 unspecified atom stereocenters. The summed E-state index contributed by atoms with van der Waals surface area (Å²) < 4.78 is 5.58. The molecule has 0 bridgehead atoms. The Balaban J connectivity index is 1.75. The van der Waals surface area contributed by atoms with Gasteiger partial charge in [-0.3, -0.25) is 0 Å². The number of hydrogen-bond acceptors (Lipinski definition) is 4. The highest BCUT2D eigenvalue weighted by Crippen LogP contribution is 2.20. The number of anilines is 1. The zero-order chi connectivity index (χ0) is 13.7. The van der Waals surface area contributed by atoms with E-state index in [1.54, 1.807) is 11.8 Å². The van der Waals surface area contributed by atoms with E-state index in [4.69, 9.17) is 10.5 Å². The number of H-pyrrole nitrogens is 1. The number of nitrogens with one attached hydrogen (secondary N) is 1. The number of aromatic nitrogens is 2. The second-order valence-corrected chi connectivity index (χ2v) is 6.05. The van der Waals surface area contributed by atoms with Crippen LogP contribution in [0.1, 0.15) is 20.3 Å². The average molecular weight is 279 g/mol. The van der Waals surface area contributed by atoms with E-state index in [2.05, 4.69) is 23.8 Å². The monoisotopic (exact) mass is 279 g/mol. The predicted octanol–water partition coefficient (Wildman–Crippen LogP) is 3.30. The summed E-state index contributed by atoms with van der Waals surface area (Å²) in [6.07, 6.45) is 1.12. The van der Waals surface area contributed by atoms with Crippen molar-refractivity contribution in [3.63, 3.8) is 0 Å². The van der Waals surface area contributed by atoms with Gasteiger partial charge in [0, 0.05) is 18.0 Å². The van der Waals surface area contributed by atoms with E-state index in [0.29, 0.717) is 5.92 Å². The van der Waals surface area contributed by atoms with Crippen molar-refractivity contribution in [3.8, 4) is 0 Å². The third-order valence-corrected chi connectivity index (χ3v) is 3.63. The Morgan fingerprint density at radius 2 is 2.21 bits per heavy atom. The molecule has 0 aliphatic heterocycles. The predicted molar refractivity (Wildman–Crippen MR) is 81.5 cm³/mol. The molecule has 2 aromatic rings. The van der Waals surface area contributed by atoms with Crippen LogP contribution in [0.5, 0.6) is 0 Å². The molecule has 1 aromatic heterocycles. The molecule has 0 saturated carbocycles. The van der Waals surface area contributed by atoms with Gasteiger partial charge in [-0.2, -0.15) is 0 Å². The lowest BCUT2D eigenvalue weighted by Crippen LogP contribution is -2.02. The van der Waals surface area contributed by atoms with Crippen molar-refractivity contribution in [1.82, 2.24) is 9.97 Å². The molecule has 2 rings (SSSR count). The highest BCUT2D eigenvalue weighted by atomic mass is 32.2. The Hall–Kier alpha value is -1.20. The Bertz CT molecular complexity index is 524. The summed E-state index contributed by atoms with van der Waals surface area (Å²) in [6.45, 7) is 6.02. The van der Waals surface area contributed by atoms with Crippen LogP contribution in [0.2, 0.25) is 0 Å². The molecule has 0 aliphatic carbocycles. The molecular formula is C14H21N3OS. The molecule has 0 saturated heterocycles. The fourth-order valence-corrected chi connectivity index (χ4v) is 2.43. The minimum absolute atomic E-state index is 0.702. The topological polar surface area (TPSA) is 63.9 Å². The first-order chi connectivity index (χ1) is 9.15. The molecule has 0 spiro atoms. The second-order valence-electron chi connectivity index (χ2n) is 4.96. The highest BCUT2D eigenvalue weighted by Gasteiger charge is 2.03. The first-order valence-electron chi connectivity index (χ1n) is 6.61. The van der Waals surface area contributed by atoms with Crippen molar-refractivity contribution < 1.29 is 4.74 Å². The van der Waals surface area contributed by atoms with Crippen LogP contribution in [0, 0.1) is 5.92 Å². The van der Waals surface area contributed by atoms with Crippen LogP contribution in [0.4, 0.5) is 5.69 Å². The maximum absolute atomic E-state index is 5.74. The molecule has 4 nitrogen and oxygen atoms in total. The van der Waals surface area contributed by atoms with Gasteiger partial charge in [-0.25, -0.2) is 4.98 Å². The second kappa shape index (κ2) is 6.82. The number of nitrogens with zero attached hydrogens (tertiary/aromatic N) is 1. The van der Waals surface area contributed by atoms with E-state index in [0.717, 1.165) is 47.3 Å². The van der Waals surface area contributed by atoms with Gasteiger partial charge in [-0.1, -0.05) is 25.6 Å². The molecule has 1 heterocycles. The number of aromatic amines is 1. The number of thioether (sulfide) groups is 1. The summed E-state index contributed by atoms with van der Waals surface area (Å²) >= 11 is 1.68. The van der Waals surface area contributed by atoms with E-state index in [1.165, 1.54) is 0 Å². The number of fused-ring (bicyclic) bond motifs is 1. The van der Waals surface area contributed by atoms with Crippen LogP contribution in [-0.2, 0) is 4.74 Å². The van der Waals surface area contributed by atoms with Gasteiger partial charge in [0.25, 0.3) is 0 Å². The van der Waals surface area contributed by atoms with Gasteiger partial charge in [0.15, 0.2) is 5.16 Å². The van der Waals surface area contributed by atoms with Crippen molar-refractivity contribution in [2.75, 3.05) is 24.7 Å². The molecule has 0 fully saturated rings. The van der Waals surface area contributed by atoms with Crippen molar-refractivity contribution in [1.29, 1.82) is 0 Å². The zero-order valence-corrected chi connectivity index (χ0v) is 12.3. The Kier molecular flexibility index (Phi) is 5.10. The first kappa shape index (κ1) is 14.2. The minimum Gasteiger partial charge on any atom is -0.399 e. The minimum atomic E-state index is 0.702. The number of nitrogens with two attached hydrogens (primary N) is 1. The molecule has 104 valence electrons. The zero-order valence-electron chi connectivity index (χ0n) is 11.5. The molecule has 0 atom stereocenters. The van der Waals surface area contributed by atoms with Gasteiger partial charge in [0.1, 0.15) is 0 Å². The number of rotatable bonds is 7. The van der Waals surface area contributed by atoms with Gasteiger partial charge >= 0.3 is 0 Å². The van der Waals surface area contributed by atoms with Gasteiger partial charge in [0.05, 0.1) is 17.6 Å². The maximum atomic E-state index is 5.74. The van der Waals surface area contributed by atoms with Crippen LogP contribution in [0.3, 0.4) is 0 Å². The third kappa shape index (κ3) is 4.44. The highest BCUT2D eigenvalue weighted by molar-refractivity contribution is 7.99. The van der Waals surface area contributed by atoms with Crippen molar-refractivity contribution >= 4 is 28.5 Å². The van der Waals surface area contributed by atoms with Gasteiger partial charge in [-0.05, 0) is 30.5 Å². The lowest BCUT2D eigenvalue weighted by atomic mass is 10.1. The molecule has 3 N–H and O–H groups in total. The number of hydrogen-bond donors (Lipinski definition) is 2. The van der Waals surface area contributed by atoms with Crippen LogP contribution in [0.15, 0.2) is 23.4 Å². The van der Waals surface area contributed by atoms with Crippen molar-refractivity contribution in [2.45, 2.75) is 25.4 Å². The summed E-state index contributed by atoms with van der Waals surface area (Å²) in [5, 5.41) is 0.924. The lowest BCUT2D eigenvalue weighted by molar-refractivity contribution is 0.138. The van der Waals surface area contributed by atoms with Gasteiger partial charge in [0.2, 0.25) is 0 Å². The molecule has 0 radical (unpaired) electrons. The van der Waals surface area contributed by atoms with Crippen LogP contribution >= 0.6 is 11.8 Å². The fourth-order valence-electron chi connectivity index (χ4n) is 1.69. The van der Waals surface area contributed by atoms with E-state index in [1.807, 2.05) is 18.2 Å². The van der Waals surface area contributed by atoms with Crippen LogP contribution < -0.4 is 5.73 Å². The van der Waals surface area contributed by atoms with Crippen LogP contribution in [-0.4, -0.2) is 28.9 Å². The van der Waals surface area contributed by atoms with E-state index < -0.39 is 0 Å². The summed E-state index contributed by atoms with van der Waals surface area (Å²) in [5.41, 5.74) is 8.44. The molecule has 0 aliphatic rings. The quantitative estimate of drug-likeness (QED) is 0.464. The maximum Gasteiger partial charge on any atom is 0.166 e. The number of nitrogen functional groups attached to an aromatic ring is 1. The number of ether oxygens (including phenoxy) is 1. The molecule has 1 aromatic carbocycles. The van der Waals surface area contributed by atoms with E-state index in [9.17, 15) is 0 Å². The van der Waals surface area contributed by atoms with Gasteiger partial charge < -0.3 is 15.5 Å². The summed E-state index contributed by atoms with van der Waals surface area (Å²) in [4.78, 5) is 7.76. The van der Waals surface area contributed by atoms with E-state index >= 15 is 0 Å². The van der Waals surface area contributed by atoms with E-state index in [-0.39, 0.29) is 0 Å². The molecular weight excluding hydrogens is 258 g/mol. The Morgan fingerprint density at radius 1 is 1.37 bits per heavy atom. The summed E-state index contributed by atoms with van der Waals surface area (Å²) in [7, 11) is 0. The first-order valence-corrected chi connectivity index (χ1v) is 7.59. The summed E-state index contributed by atoms with van der Waals surface area (Å²) in [5.74, 6) is 1.61. The lowest BCUT2D eigenvalue weighted by Gasteiger charge is -2.05. The fraction of sp³-hybridized carbons (Fsp3) is 0.500. The Labute approximate surface area is 118 Å². The Morgan fingerprint density at radius 3 is 3.00 bits per heavy atom. The van der Waals surface area contributed by atoms with Crippen molar-refractivity contribution in [3.05, 3.63) is 18.2 Å². The van der Waals surface area contributed by atoms with Crippen molar-refractivity contribution in [2.24, 2.45) is 5.92 Å². The molecule has 0 amide bonds. The number of imidazole rings is 1. The largest absolute Gasteiger partial charge is 0.399 e. The average Bonchev–Trinajstić information content (AvgIpc) is 2.75. The summed E-state index contributed by atoms with van der Waals surface area (Å²) in [6, 6.07) is 5.71. The van der Waals surface area contributed by atoms with Crippen LogP contribution in [0.25, 0.3) is 11.0 Å². The standard InChI is InChI=1S/C14H21N3OS/c1-10(2)5-6-18-7-8-19-14-16-12-4-3-11(15)9-13(12)17-14/h3-4,9-10H,5-8,15H2,1-2H3,(H,16,17). The molecule has 5 heteroatoms.